The van der Waals surface area contributed by atoms with Crippen LogP contribution in [0.25, 0.3) is 0 Å². The standard InChI is InChI=1S/C30H31NO3S/c1-20-15-16-23(30(2,3)4)19-25(20)35-26-18-17-24(34-26)29(33)31-27(21-11-7-5-8-12-21)28(32)22-13-9-6-10-14-22/h5-19,27-28,32H,1-4H3,(H,31,33)/t27-,28+/m1/s1. The van der Waals surface area contributed by atoms with E-state index in [9.17, 15) is 9.90 Å². The number of hydrogen-bond acceptors (Lipinski definition) is 4. The number of aliphatic hydroxyl groups excluding tert-OH is 1. The molecule has 2 atom stereocenters. The lowest BCUT2D eigenvalue weighted by atomic mass is 9.87. The van der Waals surface area contributed by atoms with Crippen molar-refractivity contribution < 1.29 is 14.3 Å². The third kappa shape index (κ3) is 6.05. The predicted molar refractivity (Wildman–Crippen MR) is 141 cm³/mol. The van der Waals surface area contributed by atoms with Gasteiger partial charge < -0.3 is 14.8 Å². The number of benzene rings is 3. The summed E-state index contributed by atoms with van der Waals surface area (Å²) in [7, 11) is 0. The van der Waals surface area contributed by atoms with Gasteiger partial charge in [0.1, 0.15) is 6.10 Å². The van der Waals surface area contributed by atoms with E-state index in [4.69, 9.17) is 4.42 Å². The van der Waals surface area contributed by atoms with Gasteiger partial charge in [-0.2, -0.15) is 0 Å². The molecule has 35 heavy (non-hydrogen) atoms. The third-order valence-corrected chi connectivity index (χ3v) is 7.05. The van der Waals surface area contributed by atoms with Gasteiger partial charge in [0.15, 0.2) is 10.9 Å². The molecular weight excluding hydrogens is 454 g/mol. The topological polar surface area (TPSA) is 62.5 Å². The molecule has 0 saturated carbocycles. The van der Waals surface area contributed by atoms with E-state index < -0.39 is 12.1 Å². The summed E-state index contributed by atoms with van der Waals surface area (Å²) in [5.74, 6) is -0.167. The van der Waals surface area contributed by atoms with Gasteiger partial charge in [0.25, 0.3) is 5.91 Å². The molecule has 4 rings (SSSR count). The Balaban J connectivity index is 1.54. The van der Waals surface area contributed by atoms with Gasteiger partial charge in [-0.15, -0.1) is 0 Å². The van der Waals surface area contributed by atoms with Crippen molar-refractivity contribution in [2.45, 2.75) is 55.2 Å². The van der Waals surface area contributed by atoms with E-state index in [1.165, 1.54) is 17.3 Å². The van der Waals surface area contributed by atoms with Crippen LogP contribution >= 0.6 is 11.8 Å². The van der Waals surface area contributed by atoms with Crippen molar-refractivity contribution in [3.63, 3.8) is 0 Å². The maximum absolute atomic E-state index is 13.2. The smallest absolute Gasteiger partial charge is 0.287 e. The van der Waals surface area contributed by atoms with Gasteiger partial charge in [-0.05, 0) is 52.8 Å². The Kier molecular flexibility index (Phi) is 7.48. The lowest BCUT2D eigenvalue weighted by molar-refractivity contribution is 0.0801. The van der Waals surface area contributed by atoms with E-state index in [0.717, 1.165) is 21.6 Å². The van der Waals surface area contributed by atoms with E-state index >= 15 is 0 Å². The molecule has 0 spiro atoms. The monoisotopic (exact) mass is 485 g/mol. The molecule has 180 valence electrons. The second-order valence-corrected chi connectivity index (χ2v) is 10.7. The van der Waals surface area contributed by atoms with Crippen LogP contribution in [0.1, 0.15) is 65.7 Å². The number of aryl methyl sites for hydroxylation is 1. The lowest BCUT2D eigenvalue weighted by Crippen LogP contribution is -2.32. The van der Waals surface area contributed by atoms with E-state index in [2.05, 4.69) is 51.2 Å². The molecule has 4 nitrogen and oxygen atoms in total. The zero-order valence-electron chi connectivity index (χ0n) is 20.5. The Morgan fingerprint density at radius 2 is 1.51 bits per heavy atom. The van der Waals surface area contributed by atoms with Crippen LogP contribution in [0.4, 0.5) is 0 Å². The third-order valence-electron chi connectivity index (χ3n) is 5.97. The van der Waals surface area contributed by atoms with E-state index in [0.29, 0.717) is 5.09 Å². The summed E-state index contributed by atoms with van der Waals surface area (Å²) < 4.78 is 5.92. The quantitative estimate of drug-likeness (QED) is 0.290. The molecule has 0 unspecified atom stereocenters. The molecule has 2 N–H and O–H groups in total. The first-order valence-electron chi connectivity index (χ1n) is 11.7. The molecule has 3 aromatic carbocycles. The highest BCUT2D eigenvalue weighted by molar-refractivity contribution is 7.99. The maximum atomic E-state index is 13.2. The van der Waals surface area contributed by atoms with Gasteiger partial charge >= 0.3 is 0 Å². The van der Waals surface area contributed by atoms with Gasteiger partial charge in [-0.25, -0.2) is 0 Å². The summed E-state index contributed by atoms with van der Waals surface area (Å²) in [6, 6.07) is 28.1. The molecule has 0 bridgehead atoms. The number of rotatable bonds is 7. The second-order valence-electron chi connectivity index (χ2n) is 9.67. The summed E-state index contributed by atoms with van der Waals surface area (Å²) in [4.78, 5) is 14.3. The normalized spacial score (nSPS) is 13.3. The maximum Gasteiger partial charge on any atom is 0.287 e. The fraction of sp³-hybridized carbons (Fsp3) is 0.233. The van der Waals surface area contributed by atoms with Crippen LogP contribution in [-0.4, -0.2) is 11.0 Å². The van der Waals surface area contributed by atoms with Crippen molar-refractivity contribution >= 4 is 17.7 Å². The summed E-state index contributed by atoms with van der Waals surface area (Å²) in [6.45, 7) is 8.64. The average Bonchev–Trinajstić information content (AvgIpc) is 3.32. The van der Waals surface area contributed by atoms with Gasteiger partial charge in [-0.3, -0.25) is 4.79 Å². The highest BCUT2D eigenvalue weighted by Crippen LogP contribution is 2.35. The number of furan rings is 1. The molecule has 0 aliphatic carbocycles. The number of amides is 1. The summed E-state index contributed by atoms with van der Waals surface area (Å²) in [6.07, 6.45) is -0.908. The molecule has 0 aliphatic heterocycles. The molecule has 1 heterocycles. The van der Waals surface area contributed by atoms with Crippen molar-refractivity contribution in [3.8, 4) is 0 Å². The molecule has 1 amide bonds. The van der Waals surface area contributed by atoms with E-state index in [1.54, 1.807) is 6.07 Å². The van der Waals surface area contributed by atoms with Crippen LogP contribution in [0.3, 0.4) is 0 Å². The molecule has 5 heteroatoms. The second kappa shape index (κ2) is 10.5. The molecule has 0 saturated heterocycles. The van der Waals surface area contributed by atoms with E-state index in [-0.39, 0.29) is 17.1 Å². The molecule has 0 aliphatic rings. The van der Waals surface area contributed by atoms with Gasteiger partial charge in [0, 0.05) is 4.90 Å². The SMILES string of the molecule is Cc1ccc(C(C)(C)C)cc1Sc1ccc(C(=O)N[C@H](c2ccccc2)[C@@H](O)c2ccccc2)o1. The summed E-state index contributed by atoms with van der Waals surface area (Å²) in [5.41, 5.74) is 3.99. The number of aliphatic hydroxyl groups is 1. The first-order chi connectivity index (χ1) is 16.7. The molecule has 4 aromatic rings. The van der Waals surface area contributed by atoms with Crippen LogP contribution in [0.15, 0.2) is 105 Å². The minimum atomic E-state index is -0.908. The van der Waals surface area contributed by atoms with Crippen LogP contribution in [0.2, 0.25) is 0 Å². The Hall–Kier alpha value is -3.28. The fourth-order valence-corrected chi connectivity index (χ4v) is 4.74. The van der Waals surface area contributed by atoms with Crippen molar-refractivity contribution in [1.82, 2.24) is 5.32 Å². The highest BCUT2D eigenvalue weighted by Gasteiger charge is 2.26. The number of hydrogen-bond donors (Lipinski definition) is 2. The summed E-state index contributed by atoms with van der Waals surface area (Å²) in [5, 5.41) is 14.7. The van der Waals surface area contributed by atoms with Gasteiger partial charge in [-0.1, -0.05) is 105 Å². The minimum Gasteiger partial charge on any atom is -0.444 e. The van der Waals surface area contributed by atoms with Gasteiger partial charge in [0.2, 0.25) is 0 Å². The van der Waals surface area contributed by atoms with Gasteiger partial charge in [0.05, 0.1) is 6.04 Å². The number of nitrogens with one attached hydrogen (secondary N) is 1. The van der Waals surface area contributed by atoms with Crippen LogP contribution < -0.4 is 5.32 Å². The zero-order chi connectivity index (χ0) is 25.0. The molecule has 0 radical (unpaired) electrons. The number of carbonyl (C=O) groups excluding carboxylic acids is 1. The Morgan fingerprint density at radius 3 is 2.14 bits per heavy atom. The van der Waals surface area contributed by atoms with Crippen molar-refractivity contribution in [2.24, 2.45) is 0 Å². The Morgan fingerprint density at radius 1 is 0.886 bits per heavy atom. The van der Waals surface area contributed by atoms with Crippen LogP contribution in [0, 0.1) is 6.92 Å². The van der Waals surface area contributed by atoms with Crippen LogP contribution in [0.5, 0.6) is 0 Å². The van der Waals surface area contributed by atoms with Crippen molar-refractivity contribution in [1.29, 1.82) is 0 Å². The minimum absolute atomic E-state index is 0.0449. The van der Waals surface area contributed by atoms with E-state index in [1.807, 2.05) is 66.7 Å². The van der Waals surface area contributed by atoms with Crippen LogP contribution in [-0.2, 0) is 5.41 Å². The zero-order valence-corrected chi connectivity index (χ0v) is 21.3. The number of carbonyl (C=O) groups is 1. The highest BCUT2D eigenvalue weighted by atomic mass is 32.2. The molecule has 0 fully saturated rings. The average molecular weight is 486 g/mol. The van der Waals surface area contributed by atoms with Crippen molar-refractivity contribution in [3.05, 3.63) is 119 Å². The largest absolute Gasteiger partial charge is 0.444 e. The summed E-state index contributed by atoms with van der Waals surface area (Å²) >= 11 is 1.51. The van der Waals surface area contributed by atoms with Crippen molar-refractivity contribution in [2.75, 3.05) is 0 Å². The first-order valence-corrected chi connectivity index (χ1v) is 12.5. The Bertz CT molecular complexity index is 1280. The Labute approximate surface area is 211 Å². The lowest BCUT2D eigenvalue weighted by Gasteiger charge is -2.24. The predicted octanol–water partition coefficient (Wildman–Crippen LogP) is 7.24. The fourth-order valence-electron chi connectivity index (χ4n) is 3.84. The molecule has 1 aromatic heterocycles. The molecular formula is C30H31NO3S. The first kappa shape index (κ1) is 24.8.